The van der Waals surface area contributed by atoms with Gasteiger partial charge in [0.1, 0.15) is 0 Å². The van der Waals surface area contributed by atoms with Crippen LogP contribution < -0.4 is 10.6 Å². The summed E-state index contributed by atoms with van der Waals surface area (Å²) in [6, 6.07) is 0. The van der Waals surface area contributed by atoms with Crippen molar-refractivity contribution in [3.8, 4) is 12.3 Å². The Bertz CT molecular complexity index is 260. The first-order valence-electron chi connectivity index (χ1n) is 6.37. The maximum atomic E-state index is 5.20. The van der Waals surface area contributed by atoms with E-state index in [4.69, 9.17) is 11.2 Å². The standard InChI is InChI=1S/C13H26N4O/c1-5-8-15-13(14-6-2)16-9-7-10-17(3)11-12-18-4/h1H,6-12H2,2-4H3,(H2,14,15,16). The molecule has 0 aromatic heterocycles. The third kappa shape index (κ3) is 9.94. The van der Waals surface area contributed by atoms with Crippen LogP contribution in [0.1, 0.15) is 13.3 Å². The van der Waals surface area contributed by atoms with Gasteiger partial charge >= 0.3 is 0 Å². The van der Waals surface area contributed by atoms with Gasteiger partial charge in [-0.3, -0.25) is 4.99 Å². The van der Waals surface area contributed by atoms with Crippen molar-refractivity contribution in [2.45, 2.75) is 13.3 Å². The Balaban J connectivity index is 3.77. The lowest BCUT2D eigenvalue weighted by molar-refractivity contribution is 0.161. The minimum absolute atomic E-state index is 0.500. The van der Waals surface area contributed by atoms with Crippen LogP contribution in [0.15, 0.2) is 4.99 Å². The predicted molar refractivity (Wildman–Crippen MR) is 76.8 cm³/mol. The smallest absolute Gasteiger partial charge is 0.192 e. The average molecular weight is 254 g/mol. The molecule has 0 fully saturated rings. The van der Waals surface area contributed by atoms with Crippen LogP contribution in [0.25, 0.3) is 0 Å². The minimum Gasteiger partial charge on any atom is -0.383 e. The molecule has 18 heavy (non-hydrogen) atoms. The molecule has 0 atom stereocenters. The molecule has 104 valence electrons. The normalized spacial score (nSPS) is 11.4. The Hall–Kier alpha value is -1.25. The first kappa shape index (κ1) is 16.8. The van der Waals surface area contributed by atoms with Crippen LogP contribution in [0.5, 0.6) is 0 Å². The number of ether oxygens (including phenoxy) is 1. The van der Waals surface area contributed by atoms with Crippen LogP contribution in [-0.4, -0.2) is 64.3 Å². The number of nitrogens with one attached hydrogen (secondary N) is 2. The summed E-state index contributed by atoms with van der Waals surface area (Å²) in [7, 11) is 3.81. The number of likely N-dealkylation sites (N-methyl/N-ethyl adjacent to an activating group) is 1. The van der Waals surface area contributed by atoms with Crippen LogP contribution in [-0.2, 0) is 4.74 Å². The van der Waals surface area contributed by atoms with Crippen molar-refractivity contribution >= 4 is 5.96 Å². The summed E-state index contributed by atoms with van der Waals surface area (Å²) in [5.74, 6) is 3.32. The Morgan fingerprint density at radius 2 is 2.17 bits per heavy atom. The SMILES string of the molecule is C#CCNC(=NCCCN(C)CCOC)NCC. The van der Waals surface area contributed by atoms with E-state index in [2.05, 4.69) is 33.5 Å². The lowest BCUT2D eigenvalue weighted by Crippen LogP contribution is -2.37. The van der Waals surface area contributed by atoms with Gasteiger partial charge < -0.3 is 20.3 Å². The summed E-state index contributed by atoms with van der Waals surface area (Å²) >= 11 is 0. The second-order valence-electron chi connectivity index (χ2n) is 3.97. The molecule has 0 rings (SSSR count). The summed E-state index contributed by atoms with van der Waals surface area (Å²) < 4.78 is 5.03. The van der Waals surface area contributed by atoms with Crippen molar-refractivity contribution in [3.05, 3.63) is 0 Å². The highest BCUT2D eigenvalue weighted by molar-refractivity contribution is 5.79. The number of terminal acetylenes is 1. The molecule has 0 spiro atoms. The number of methoxy groups -OCH3 is 1. The Labute approximate surface area is 111 Å². The average Bonchev–Trinajstić information content (AvgIpc) is 2.38. The van der Waals surface area contributed by atoms with Crippen molar-refractivity contribution in [1.29, 1.82) is 0 Å². The molecule has 0 saturated heterocycles. The minimum atomic E-state index is 0.500. The van der Waals surface area contributed by atoms with Crippen LogP contribution >= 0.6 is 0 Å². The highest BCUT2D eigenvalue weighted by Gasteiger charge is 1.98. The summed E-state index contributed by atoms with van der Waals surface area (Å²) in [6.45, 7) is 6.90. The van der Waals surface area contributed by atoms with Gasteiger partial charge in [0.2, 0.25) is 0 Å². The molecule has 0 aliphatic rings. The highest BCUT2D eigenvalue weighted by atomic mass is 16.5. The van der Waals surface area contributed by atoms with Crippen LogP contribution in [0.4, 0.5) is 0 Å². The van der Waals surface area contributed by atoms with Crippen molar-refractivity contribution in [3.63, 3.8) is 0 Å². The molecule has 0 radical (unpaired) electrons. The molecule has 2 N–H and O–H groups in total. The molecule has 0 aliphatic heterocycles. The van der Waals surface area contributed by atoms with Gasteiger partial charge in [-0.15, -0.1) is 6.42 Å². The molecular weight excluding hydrogens is 228 g/mol. The molecule has 0 saturated carbocycles. The number of rotatable bonds is 9. The van der Waals surface area contributed by atoms with Gasteiger partial charge in [0, 0.05) is 26.7 Å². The molecular formula is C13H26N4O. The lowest BCUT2D eigenvalue weighted by Gasteiger charge is -2.15. The Kier molecular flexibility index (Phi) is 11.4. The Morgan fingerprint density at radius 3 is 2.78 bits per heavy atom. The molecule has 0 unspecified atom stereocenters. The van der Waals surface area contributed by atoms with Gasteiger partial charge in [-0.25, -0.2) is 0 Å². The van der Waals surface area contributed by atoms with Crippen molar-refractivity contribution in [2.75, 3.05) is 53.5 Å². The highest BCUT2D eigenvalue weighted by Crippen LogP contribution is 1.88. The monoisotopic (exact) mass is 254 g/mol. The maximum Gasteiger partial charge on any atom is 0.192 e. The number of nitrogens with zero attached hydrogens (tertiary/aromatic N) is 2. The molecule has 0 amide bonds. The van der Waals surface area contributed by atoms with Gasteiger partial charge in [0.05, 0.1) is 13.2 Å². The van der Waals surface area contributed by atoms with Gasteiger partial charge in [0.25, 0.3) is 0 Å². The van der Waals surface area contributed by atoms with Gasteiger partial charge in [-0.05, 0) is 26.9 Å². The summed E-state index contributed by atoms with van der Waals surface area (Å²) in [5.41, 5.74) is 0. The third-order valence-electron chi connectivity index (χ3n) is 2.35. The summed E-state index contributed by atoms with van der Waals surface area (Å²) in [4.78, 5) is 6.68. The molecule has 0 aromatic carbocycles. The van der Waals surface area contributed by atoms with Crippen LogP contribution in [0, 0.1) is 12.3 Å². The zero-order valence-corrected chi connectivity index (χ0v) is 11.8. The van der Waals surface area contributed by atoms with E-state index in [1.54, 1.807) is 7.11 Å². The predicted octanol–water partition coefficient (Wildman–Crippen LogP) is 0.143. The van der Waals surface area contributed by atoms with Crippen molar-refractivity contribution in [1.82, 2.24) is 15.5 Å². The number of hydrogen-bond acceptors (Lipinski definition) is 3. The summed E-state index contributed by atoms with van der Waals surface area (Å²) in [6.07, 6.45) is 6.22. The molecule has 0 heterocycles. The number of guanidine groups is 1. The maximum absolute atomic E-state index is 5.20. The second-order valence-corrected chi connectivity index (χ2v) is 3.97. The number of hydrogen-bond donors (Lipinski definition) is 2. The Morgan fingerprint density at radius 1 is 1.39 bits per heavy atom. The quantitative estimate of drug-likeness (QED) is 0.266. The largest absolute Gasteiger partial charge is 0.383 e. The first-order valence-corrected chi connectivity index (χ1v) is 6.37. The lowest BCUT2D eigenvalue weighted by atomic mass is 10.4. The fourth-order valence-corrected chi connectivity index (χ4v) is 1.37. The van der Waals surface area contributed by atoms with Gasteiger partial charge in [-0.1, -0.05) is 5.92 Å². The zero-order valence-electron chi connectivity index (χ0n) is 11.8. The van der Waals surface area contributed by atoms with Crippen molar-refractivity contribution in [2.24, 2.45) is 4.99 Å². The molecule has 5 nitrogen and oxygen atoms in total. The molecule has 5 heteroatoms. The summed E-state index contributed by atoms with van der Waals surface area (Å²) in [5, 5.41) is 6.21. The van der Waals surface area contributed by atoms with E-state index in [-0.39, 0.29) is 0 Å². The van der Waals surface area contributed by atoms with E-state index < -0.39 is 0 Å². The van der Waals surface area contributed by atoms with Crippen LogP contribution in [0.2, 0.25) is 0 Å². The molecule has 0 aromatic rings. The zero-order chi connectivity index (χ0) is 13.6. The molecule has 0 aliphatic carbocycles. The van der Waals surface area contributed by atoms with Crippen molar-refractivity contribution < 1.29 is 4.74 Å². The first-order chi connectivity index (χ1) is 8.74. The van der Waals surface area contributed by atoms with E-state index >= 15 is 0 Å². The molecule has 0 bridgehead atoms. The van der Waals surface area contributed by atoms with Gasteiger partial charge in [0.15, 0.2) is 5.96 Å². The second kappa shape index (κ2) is 12.2. The fourth-order valence-electron chi connectivity index (χ4n) is 1.37. The van der Waals surface area contributed by atoms with E-state index in [1.807, 2.05) is 6.92 Å². The fraction of sp³-hybridized carbons (Fsp3) is 0.769. The van der Waals surface area contributed by atoms with Crippen LogP contribution in [0.3, 0.4) is 0 Å². The van der Waals surface area contributed by atoms with E-state index in [1.165, 1.54) is 0 Å². The topological polar surface area (TPSA) is 48.9 Å². The number of aliphatic imine (C=N–C) groups is 1. The van der Waals surface area contributed by atoms with E-state index in [9.17, 15) is 0 Å². The van der Waals surface area contributed by atoms with Gasteiger partial charge in [-0.2, -0.15) is 0 Å². The van der Waals surface area contributed by atoms with E-state index in [0.717, 1.165) is 45.2 Å². The van der Waals surface area contributed by atoms with E-state index in [0.29, 0.717) is 6.54 Å². The third-order valence-corrected chi connectivity index (χ3v) is 2.35.